The maximum Gasteiger partial charge on any atom is 0.328 e. The van der Waals surface area contributed by atoms with Crippen molar-refractivity contribution in [2.75, 3.05) is 6.61 Å². The molecule has 6 heteroatoms. The molecule has 2 heterocycles. The third-order valence-electron chi connectivity index (χ3n) is 2.90. The van der Waals surface area contributed by atoms with Crippen LogP contribution in [0.25, 0.3) is 0 Å². The Bertz CT molecular complexity index is 690. The van der Waals surface area contributed by atoms with Crippen LogP contribution in [-0.4, -0.2) is 22.7 Å². The number of ether oxygens (including phenoxy) is 2. The first-order valence-electron chi connectivity index (χ1n) is 5.92. The number of hydrogen-bond acceptors (Lipinski definition) is 4. The van der Waals surface area contributed by atoms with Gasteiger partial charge >= 0.3 is 5.69 Å². The molecule has 1 aliphatic heterocycles. The predicted octanol–water partition coefficient (Wildman–Crippen LogP) is 0.446. The van der Waals surface area contributed by atoms with Crippen LogP contribution in [-0.2, 0) is 6.42 Å². The first-order valence-corrected chi connectivity index (χ1v) is 5.92. The molecule has 6 nitrogen and oxygen atoms in total. The van der Waals surface area contributed by atoms with E-state index in [1.807, 2.05) is 30.3 Å². The Morgan fingerprint density at radius 3 is 2.79 bits per heavy atom. The molecule has 0 bridgehead atoms. The van der Waals surface area contributed by atoms with Crippen molar-refractivity contribution in [2.24, 2.45) is 0 Å². The van der Waals surface area contributed by atoms with E-state index in [-0.39, 0.29) is 12.0 Å². The van der Waals surface area contributed by atoms with Gasteiger partial charge in [0.15, 0.2) is 0 Å². The molecule has 0 spiro atoms. The lowest BCUT2D eigenvalue weighted by atomic mass is 10.2. The van der Waals surface area contributed by atoms with E-state index in [1.54, 1.807) is 0 Å². The van der Waals surface area contributed by atoms with Crippen LogP contribution in [0, 0.1) is 0 Å². The van der Waals surface area contributed by atoms with Crippen molar-refractivity contribution >= 4 is 0 Å². The number of hydrogen-bond donors (Lipinski definition) is 2. The summed E-state index contributed by atoms with van der Waals surface area (Å²) >= 11 is 0. The van der Waals surface area contributed by atoms with Crippen molar-refractivity contribution in [3.8, 4) is 11.6 Å². The zero-order valence-electron chi connectivity index (χ0n) is 10.0. The molecular weight excluding hydrogens is 248 g/mol. The van der Waals surface area contributed by atoms with Crippen LogP contribution in [0.1, 0.15) is 5.56 Å². The van der Waals surface area contributed by atoms with E-state index in [0.717, 1.165) is 5.75 Å². The molecule has 98 valence electrons. The zero-order chi connectivity index (χ0) is 13.2. The molecule has 1 unspecified atom stereocenters. The summed E-state index contributed by atoms with van der Waals surface area (Å²) < 4.78 is 11.1. The second-order valence-electron chi connectivity index (χ2n) is 4.28. The molecule has 1 aromatic carbocycles. The van der Waals surface area contributed by atoms with Gasteiger partial charge in [-0.3, -0.25) is 14.8 Å². The lowest BCUT2D eigenvalue weighted by Crippen LogP contribution is -2.24. The first-order chi connectivity index (χ1) is 9.22. The van der Waals surface area contributed by atoms with Gasteiger partial charge < -0.3 is 9.47 Å². The average Bonchev–Trinajstić information content (AvgIpc) is 2.81. The van der Waals surface area contributed by atoms with Gasteiger partial charge in [-0.25, -0.2) is 4.79 Å². The molecule has 0 fully saturated rings. The molecular formula is C13H12N2O4. The highest BCUT2D eigenvalue weighted by atomic mass is 16.5. The van der Waals surface area contributed by atoms with E-state index >= 15 is 0 Å². The minimum atomic E-state index is -0.562. The van der Waals surface area contributed by atoms with Gasteiger partial charge in [0.2, 0.25) is 5.88 Å². The molecule has 1 aromatic heterocycles. The predicted molar refractivity (Wildman–Crippen MR) is 67.7 cm³/mol. The summed E-state index contributed by atoms with van der Waals surface area (Å²) in [7, 11) is 0. The monoisotopic (exact) mass is 260 g/mol. The van der Waals surface area contributed by atoms with E-state index < -0.39 is 11.2 Å². The number of rotatable bonds is 3. The van der Waals surface area contributed by atoms with Gasteiger partial charge in [-0.2, -0.15) is 0 Å². The van der Waals surface area contributed by atoms with Crippen molar-refractivity contribution in [2.45, 2.75) is 12.5 Å². The maximum atomic E-state index is 11.6. The summed E-state index contributed by atoms with van der Waals surface area (Å²) in [6, 6.07) is 9.34. The van der Waals surface area contributed by atoms with Gasteiger partial charge in [0.1, 0.15) is 18.5 Å². The topological polar surface area (TPSA) is 84.2 Å². The van der Waals surface area contributed by atoms with Gasteiger partial charge in [0, 0.05) is 6.42 Å². The Kier molecular flexibility index (Phi) is 2.83. The smallest absolute Gasteiger partial charge is 0.328 e. The molecule has 19 heavy (non-hydrogen) atoms. The van der Waals surface area contributed by atoms with Crippen molar-refractivity contribution < 1.29 is 9.47 Å². The van der Waals surface area contributed by atoms with Gasteiger partial charge in [-0.15, -0.1) is 0 Å². The first kappa shape index (κ1) is 11.6. The molecule has 2 aromatic rings. The van der Waals surface area contributed by atoms with E-state index in [9.17, 15) is 9.59 Å². The highest BCUT2D eigenvalue weighted by Crippen LogP contribution is 2.22. The lowest BCUT2D eigenvalue weighted by molar-refractivity contribution is 0.144. The number of fused-ring (bicyclic) bond motifs is 1. The average molecular weight is 260 g/mol. The maximum absolute atomic E-state index is 11.6. The molecule has 0 saturated heterocycles. The van der Waals surface area contributed by atoms with E-state index in [0.29, 0.717) is 18.6 Å². The van der Waals surface area contributed by atoms with Gasteiger partial charge in [0.25, 0.3) is 5.56 Å². The Morgan fingerprint density at radius 2 is 2.00 bits per heavy atom. The second kappa shape index (κ2) is 4.64. The Balaban J connectivity index is 1.69. The van der Waals surface area contributed by atoms with Gasteiger partial charge in [0.05, 0.1) is 5.56 Å². The molecule has 0 saturated carbocycles. The van der Waals surface area contributed by atoms with E-state index in [1.165, 1.54) is 0 Å². The van der Waals surface area contributed by atoms with Crippen molar-refractivity contribution in [3.63, 3.8) is 0 Å². The molecule has 0 amide bonds. The van der Waals surface area contributed by atoms with Crippen LogP contribution in [0.15, 0.2) is 39.9 Å². The molecule has 0 radical (unpaired) electrons. The van der Waals surface area contributed by atoms with Crippen molar-refractivity contribution in [1.29, 1.82) is 0 Å². The quantitative estimate of drug-likeness (QED) is 0.839. The minimum absolute atomic E-state index is 0.246. The number of para-hydroxylation sites is 1. The highest BCUT2D eigenvalue weighted by Gasteiger charge is 2.27. The van der Waals surface area contributed by atoms with Gasteiger partial charge in [-0.05, 0) is 12.1 Å². The Hall–Kier alpha value is -2.50. The standard InChI is InChI=1S/C13H12N2O4/c16-11-10-6-9(19-12(10)15-13(17)14-11)7-18-8-4-2-1-3-5-8/h1-5,9H,6-7H2,(H2,14,15,16,17). The van der Waals surface area contributed by atoms with Crippen LogP contribution >= 0.6 is 0 Å². The normalized spacial score (nSPS) is 16.7. The molecule has 3 rings (SSSR count). The Morgan fingerprint density at radius 1 is 1.21 bits per heavy atom. The third-order valence-corrected chi connectivity index (χ3v) is 2.90. The molecule has 0 aliphatic carbocycles. The van der Waals surface area contributed by atoms with Crippen LogP contribution in [0.3, 0.4) is 0 Å². The van der Waals surface area contributed by atoms with Crippen LogP contribution in [0.4, 0.5) is 0 Å². The highest BCUT2D eigenvalue weighted by molar-refractivity contribution is 5.28. The summed E-state index contributed by atoms with van der Waals surface area (Å²) in [4.78, 5) is 27.3. The SMILES string of the molecule is O=c1[nH]c2c(c(=O)[nH]1)CC(COc1ccccc1)O2. The van der Waals surface area contributed by atoms with Crippen LogP contribution in [0.2, 0.25) is 0 Å². The molecule has 1 atom stereocenters. The number of aromatic nitrogens is 2. The summed E-state index contributed by atoms with van der Waals surface area (Å²) in [5.74, 6) is 0.986. The van der Waals surface area contributed by atoms with Crippen molar-refractivity contribution in [3.05, 3.63) is 56.7 Å². The fourth-order valence-corrected chi connectivity index (χ4v) is 2.01. The zero-order valence-corrected chi connectivity index (χ0v) is 10.0. The fourth-order valence-electron chi connectivity index (χ4n) is 2.01. The molecule has 1 aliphatic rings. The second-order valence-corrected chi connectivity index (χ2v) is 4.28. The van der Waals surface area contributed by atoms with E-state index in [2.05, 4.69) is 9.97 Å². The van der Waals surface area contributed by atoms with E-state index in [4.69, 9.17) is 9.47 Å². The lowest BCUT2D eigenvalue weighted by Gasteiger charge is -2.11. The number of aromatic amines is 2. The summed E-state index contributed by atoms with van der Waals surface area (Å²) in [5, 5.41) is 0. The number of benzene rings is 1. The Labute approximate surface area is 108 Å². The molecule has 2 N–H and O–H groups in total. The van der Waals surface area contributed by atoms with Crippen LogP contribution in [0.5, 0.6) is 11.6 Å². The van der Waals surface area contributed by atoms with Crippen LogP contribution < -0.4 is 20.7 Å². The number of H-pyrrole nitrogens is 2. The minimum Gasteiger partial charge on any atom is -0.490 e. The summed E-state index contributed by atoms with van der Waals surface area (Å²) in [5.41, 5.74) is -0.504. The van der Waals surface area contributed by atoms with Crippen molar-refractivity contribution in [1.82, 2.24) is 9.97 Å². The summed E-state index contributed by atoms with van der Waals surface area (Å²) in [6.07, 6.45) is 0.156. The number of nitrogens with one attached hydrogen (secondary N) is 2. The summed E-state index contributed by atoms with van der Waals surface area (Å²) in [6.45, 7) is 0.320. The third kappa shape index (κ3) is 2.37. The van der Waals surface area contributed by atoms with Gasteiger partial charge in [-0.1, -0.05) is 18.2 Å². The largest absolute Gasteiger partial charge is 0.490 e. The fraction of sp³-hybridized carbons (Fsp3) is 0.231.